The Morgan fingerprint density at radius 3 is 2.75 bits per heavy atom. The Kier molecular flexibility index (Phi) is 4.05. The lowest BCUT2D eigenvalue weighted by Gasteiger charge is -2.09. The minimum atomic E-state index is -0.186. The summed E-state index contributed by atoms with van der Waals surface area (Å²) in [5, 5.41) is 12.2. The molecule has 0 aromatic heterocycles. The van der Waals surface area contributed by atoms with Crippen LogP contribution in [0.15, 0.2) is 18.2 Å². The predicted octanol–water partition coefficient (Wildman–Crippen LogP) is 2.19. The number of hydrogen-bond acceptors (Lipinski definition) is 3. The van der Waals surface area contributed by atoms with Crippen LogP contribution in [-0.2, 0) is 4.79 Å². The Hall–Kier alpha value is -1.84. The van der Waals surface area contributed by atoms with Crippen LogP contribution < -0.4 is 5.32 Å². The van der Waals surface area contributed by atoms with Crippen molar-refractivity contribution in [2.75, 3.05) is 5.32 Å². The Balaban J connectivity index is 2.81. The van der Waals surface area contributed by atoms with E-state index in [2.05, 4.69) is 5.32 Å². The molecule has 0 saturated carbocycles. The molecule has 0 radical (unpaired) electrons. The first-order valence-electron chi connectivity index (χ1n) is 5.11. The maximum Gasteiger partial charge on any atom is 0.224 e. The molecule has 2 N–H and O–H groups in total. The molecule has 4 heteroatoms. The minimum Gasteiger partial charge on any atom is -0.505 e. The van der Waals surface area contributed by atoms with E-state index in [4.69, 9.17) is 0 Å². The average Bonchev–Trinajstić information content (AvgIpc) is 2.20. The third kappa shape index (κ3) is 3.08. The summed E-state index contributed by atoms with van der Waals surface area (Å²) in [6.07, 6.45) is 0.929. The number of anilines is 1. The molecule has 86 valence electrons. The number of phenolic OH excluding ortho intramolecular Hbond substituents is 1. The van der Waals surface area contributed by atoms with Gasteiger partial charge >= 0.3 is 0 Å². The van der Waals surface area contributed by atoms with Gasteiger partial charge in [-0.25, -0.2) is 0 Å². The molecule has 1 rings (SSSR count). The molecule has 1 aromatic rings. The summed E-state index contributed by atoms with van der Waals surface area (Å²) in [5.41, 5.74) is 0.442. The van der Waals surface area contributed by atoms with E-state index < -0.39 is 0 Å². The van der Waals surface area contributed by atoms with Crippen LogP contribution in [0.3, 0.4) is 0 Å². The van der Waals surface area contributed by atoms with E-state index in [1.54, 1.807) is 12.1 Å². The van der Waals surface area contributed by atoms with Gasteiger partial charge in [0.25, 0.3) is 0 Å². The molecule has 1 amide bonds. The zero-order chi connectivity index (χ0) is 12.1. The molecule has 0 aliphatic carbocycles. The van der Waals surface area contributed by atoms with E-state index in [1.807, 2.05) is 13.8 Å². The van der Waals surface area contributed by atoms with Crippen molar-refractivity contribution in [1.82, 2.24) is 0 Å². The molecular formula is C12H15NO3. The van der Waals surface area contributed by atoms with Crippen molar-refractivity contribution in [3.8, 4) is 5.75 Å². The van der Waals surface area contributed by atoms with E-state index in [-0.39, 0.29) is 28.8 Å². The normalized spacial score (nSPS) is 10.2. The van der Waals surface area contributed by atoms with Crippen LogP contribution in [0.4, 0.5) is 5.69 Å². The zero-order valence-electron chi connectivity index (χ0n) is 9.36. The van der Waals surface area contributed by atoms with Crippen LogP contribution >= 0.6 is 0 Å². The van der Waals surface area contributed by atoms with E-state index >= 15 is 0 Å². The summed E-state index contributed by atoms with van der Waals surface area (Å²) < 4.78 is 0. The number of carbonyl (C=O) groups excluding carboxylic acids is 2. The quantitative estimate of drug-likeness (QED) is 0.605. The highest BCUT2D eigenvalue weighted by Gasteiger charge is 2.10. The summed E-state index contributed by atoms with van der Waals surface area (Å²) in [5.74, 6) is -0.112. The van der Waals surface area contributed by atoms with Crippen molar-refractivity contribution in [3.05, 3.63) is 23.8 Å². The SMILES string of the molecule is CC(C)CC(=O)Nc1cccc(C=O)c1O. The number of amides is 1. The number of aromatic hydroxyl groups is 1. The second kappa shape index (κ2) is 5.30. The smallest absolute Gasteiger partial charge is 0.224 e. The Morgan fingerprint density at radius 2 is 2.19 bits per heavy atom. The van der Waals surface area contributed by atoms with Gasteiger partial charge in [-0.1, -0.05) is 19.9 Å². The van der Waals surface area contributed by atoms with E-state index in [1.165, 1.54) is 6.07 Å². The van der Waals surface area contributed by atoms with Crippen LogP contribution in [0.25, 0.3) is 0 Å². The van der Waals surface area contributed by atoms with E-state index in [0.717, 1.165) is 0 Å². The lowest BCUT2D eigenvalue weighted by Crippen LogP contribution is -2.14. The molecule has 4 nitrogen and oxygen atoms in total. The summed E-state index contributed by atoms with van der Waals surface area (Å²) in [4.78, 5) is 22.0. The van der Waals surface area contributed by atoms with Gasteiger partial charge in [0.1, 0.15) is 5.75 Å². The van der Waals surface area contributed by atoms with E-state index in [0.29, 0.717) is 12.7 Å². The molecule has 0 aliphatic heterocycles. The lowest BCUT2D eigenvalue weighted by molar-refractivity contribution is -0.116. The van der Waals surface area contributed by atoms with Gasteiger partial charge < -0.3 is 10.4 Å². The number of benzene rings is 1. The van der Waals surface area contributed by atoms with Gasteiger partial charge in [0, 0.05) is 6.42 Å². The number of rotatable bonds is 4. The van der Waals surface area contributed by atoms with Gasteiger partial charge in [-0.2, -0.15) is 0 Å². The molecule has 0 bridgehead atoms. The van der Waals surface area contributed by atoms with Crippen molar-refractivity contribution in [1.29, 1.82) is 0 Å². The van der Waals surface area contributed by atoms with Crippen molar-refractivity contribution < 1.29 is 14.7 Å². The topological polar surface area (TPSA) is 66.4 Å². The highest BCUT2D eigenvalue weighted by Crippen LogP contribution is 2.26. The van der Waals surface area contributed by atoms with Gasteiger partial charge in [-0.15, -0.1) is 0 Å². The molecule has 1 aromatic carbocycles. The molecule has 0 heterocycles. The van der Waals surface area contributed by atoms with E-state index in [9.17, 15) is 14.7 Å². The van der Waals surface area contributed by atoms with Gasteiger partial charge in [-0.3, -0.25) is 9.59 Å². The van der Waals surface area contributed by atoms with Crippen molar-refractivity contribution in [3.63, 3.8) is 0 Å². The molecule has 0 atom stereocenters. The van der Waals surface area contributed by atoms with Gasteiger partial charge in [0.2, 0.25) is 5.91 Å². The summed E-state index contributed by atoms with van der Waals surface area (Å²) >= 11 is 0. The Bertz CT molecular complexity index is 399. The lowest BCUT2D eigenvalue weighted by atomic mass is 10.1. The molecule has 0 spiro atoms. The zero-order valence-corrected chi connectivity index (χ0v) is 9.36. The van der Waals surface area contributed by atoms with Gasteiger partial charge in [0.15, 0.2) is 6.29 Å². The summed E-state index contributed by atoms with van der Waals surface area (Å²) in [6.45, 7) is 3.86. The third-order valence-corrected chi connectivity index (χ3v) is 2.06. The number of para-hydroxylation sites is 1. The number of phenols is 1. The second-order valence-electron chi connectivity index (χ2n) is 4.01. The first-order valence-corrected chi connectivity index (χ1v) is 5.11. The van der Waals surface area contributed by atoms with Gasteiger partial charge in [0.05, 0.1) is 11.3 Å². The maximum atomic E-state index is 11.5. The molecule has 16 heavy (non-hydrogen) atoms. The number of nitrogens with one attached hydrogen (secondary N) is 1. The highest BCUT2D eigenvalue weighted by molar-refractivity contribution is 5.94. The highest BCUT2D eigenvalue weighted by atomic mass is 16.3. The van der Waals surface area contributed by atoms with Crippen molar-refractivity contribution in [2.45, 2.75) is 20.3 Å². The van der Waals surface area contributed by atoms with Crippen LogP contribution in [-0.4, -0.2) is 17.3 Å². The number of carbonyl (C=O) groups is 2. The number of hydrogen-bond donors (Lipinski definition) is 2. The molecular weight excluding hydrogens is 206 g/mol. The molecule has 0 aliphatic rings. The maximum absolute atomic E-state index is 11.5. The minimum absolute atomic E-state index is 0.169. The van der Waals surface area contributed by atoms with Crippen LogP contribution in [0.5, 0.6) is 5.75 Å². The number of aldehydes is 1. The standard InChI is InChI=1S/C12H15NO3/c1-8(2)6-11(15)13-10-5-3-4-9(7-14)12(10)16/h3-5,7-8,16H,6H2,1-2H3,(H,13,15). The Labute approximate surface area is 94.3 Å². The first kappa shape index (κ1) is 12.2. The molecule has 0 unspecified atom stereocenters. The fourth-order valence-corrected chi connectivity index (χ4v) is 1.33. The average molecular weight is 221 g/mol. The Morgan fingerprint density at radius 1 is 1.50 bits per heavy atom. The monoisotopic (exact) mass is 221 g/mol. The first-order chi connectivity index (χ1) is 7.54. The second-order valence-corrected chi connectivity index (χ2v) is 4.01. The van der Waals surface area contributed by atoms with Crippen LogP contribution in [0, 0.1) is 5.92 Å². The van der Waals surface area contributed by atoms with Crippen LogP contribution in [0.2, 0.25) is 0 Å². The third-order valence-electron chi connectivity index (χ3n) is 2.06. The van der Waals surface area contributed by atoms with Crippen LogP contribution in [0.1, 0.15) is 30.6 Å². The largest absolute Gasteiger partial charge is 0.505 e. The fourth-order valence-electron chi connectivity index (χ4n) is 1.33. The van der Waals surface area contributed by atoms with Crippen molar-refractivity contribution >= 4 is 17.9 Å². The van der Waals surface area contributed by atoms with Crippen molar-refractivity contribution in [2.24, 2.45) is 5.92 Å². The fraction of sp³-hybridized carbons (Fsp3) is 0.333. The summed E-state index contributed by atoms with van der Waals surface area (Å²) in [6, 6.07) is 4.65. The van der Waals surface area contributed by atoms with Gasteiger partial charge in [-0.05, 0) is 18.1 Å². The summed E-state index contributed by atoms with van der Waals surface area (Å²) in [7, 11) is 0. The predicted molar refractivity (Wildman–Crippen MR) is 61.6 cm³/mol. The molecule has 0 fully saturated rings. The molecule has 0 saturated heterocycles.